The lowest BCUT2D eigenvalue weighted by atomic mass is 9.96. The number of nitrogens with one attached hydrogen (secondary N) is 1. The Morgan fingerprint density at radius 2 is 1.80 bits per heavy atom. The minimum Gasteiger partial charge on any atom is -0.358 e. The van der Waals surface area contributed by atoms with Crippen molar-refractivity contribution in [3.63, 3.8) is 0 Å². The third kappa shape index (κ3) is 5.73. The van der Waals surface area contributed by atoms with Crippen LogP contribution in [-0.2, 0) is 23.1 Å². The van der Waals surface area contributed by atoms with Gasteiger partial charge in [0.05, 0.1) is 18.7 Å². The number of anilines is 1. The number of carbonyl (C=O) groups is 1. The van der Waals surface area contributed by atoms with Crippen molar-refractivity contribution in [1.82, 2.24) is 24.9 Å². The largest absolute Gasteiger partial charge is 0.401 e. The number of rotatable bonds is 8. The topological polar surface area (TPSA) is 98.7 Å². The van der Waals surface area contributed by atoms with Crippen molar-refractivity contribution in [2.75, 3.05) is 5.32 Å². The SMILES string of the molecule is O=C(Cc1ccc(-c2cnc(Cc3cnn(C4CCCCC4)c3)nc2)cc1F)Nc1cc(C2(C(F)(F)F)CC2)on1. The molecule has 0 bridgehead atoms. The fraction of sp³-hybridized carbons (Fsp3) is 0.414. The standard InChI is InChI=1S/C29H28F4N6O2/c30-23-11-19(21-15-34-25(35-16-21)10-18-14-36-39(17-18)22-4-2-1-3-5-22)6-7-20(23)12-27(40)37-26-13-24(41-38-26)28(8-9-28)29(31,32)33/h6-7,11,13-17,22H,1-5,8-10,12H2,(H,37,38,40). The van der Waals surface area contributed by atoms with Crippen LogP contribution in [0.3, 0.4) is 0 Å². The third-order valence-corrected chi connectivity index (χ3v) is 7.95. The molecule has 0 unspecified atom stereocenters. The van der Waals surface area contributed by atoms with Gasteiger partial charge in [0, 0.05) is 36.6 Å². The molecule has 2 fully saturated rings. The normalized spacial score (nSPS) is 17.0. The maximum absolute atomic E-state index is 14.9. The number of hydrogen-bond donors (Lipinski definition) is 1. The molecule has 214 valence electrons. The number of carbonyl (C=O) groups excluding carboxylic acids is 1. The second-order valence-electron chi connectivity index (χ2n) is 10.9. The minimum absolute atomic E-state index is 0.0869. The monoisotopic (exact) mass is 568 g/mol. The third-order valence-electron chi connectivity index (χ3n) is 7.95. The second-order valence-corrected chi connectivity index (χ2v) is 10.9. The van der Waals surface area contributed by atoms with Gasteiger partial charge in [-0.1, -0.05) is 36.6 Å². The highest BCUT2D eigenvalue weighted by molar-refractivity contribution is 5.91. The van der Waals surface area contributed by atoms with Gasteiger partial charge < -0.3 is 9.84 Å². The number of alkyl halides is 3. The Morgan fingerprint density at radius 1 is 1.05 bits per heavy atom. The first-order chi connectivity index (χ1) is 19.7. The molecule has 0 spiro atoms. The number of benzene rings is 1. The van der Waals surface area contributed by atoms with Crippen molar-refractivity contribution in [3.8, 4) is 11.1 Å². The molecule has 4 aromatic rings. The summed E-state index contributed by atoms with van der Waals surface area (Å²) in [6.45, 7) is 0. The average molecular weight is 569 g/mol. The van der Waals surface area contributed by atoms with Crippen LogP contribution in [0, 0.1) is 5.82 Å². The Hall–Kier alpha value is -4.09. The van der Waals surface area contributed by atoms with E-state index in [0.29, 0.717) is 29.4 Å². The van der Waals surface area contributed by atoms with Crippen LogP contribution in [-0.4, -0.2) is 37.0 Å². The molecule has 41 heavy (non-hydrogen) atoms. The molecule has 2 aliphatic carbocycles. The van der Waals surface area contributed by atoms with Gasteiger partial charge in [-0.25, -0.2) is 14.4 Å². The molecule has 1 aromatic carbocycles. The van der Waals surface area contributed by atoms with E-state index in [1.807, 2.05) is 10.9 Å². The van der Waals surface area contributed by atoms with E-state index in [4.69, 9.17) is 4.52 Å². The molecule has 0 aliphatic heterocycles. The predicted molar refractivity (Wildman–Crippen MR) is 140 cm³/mol. The first-order valence-corrected chi connectivity index (χ1v) is 13.7. The van der Waals surface area contributed by atoms with E-state index in [9.17, 15) is 22.4 Å². The lowest BCUT2D eigenvalue weighted by molar-refractivity contribution is -0.165. The van der Waals surface area contributed by atoms with E-state index < -0.39 is 23.3 Å². The zero-order valence-corrected chi connectivity index (χ0v) is 22.1. The molecule has 3 heterocycles. The van der Waals surface area contributed by atoms with Crippen molar-refractivity contribution < 1.29 is 26.9 Å². The van der Waals surface area contributed by atoms with Crippen LogP contribution in [0.1, 0.15) is 73.7 Å². The molecule has 8 nitrogen and oxygen atoms in total. The summed E-state index contributed by atoms with van der Waals surface area (Å²) >= 11 is 0. The summed E-state index contributed by atoms with van der Waals surface area (Å²) in [6, 6.07) is 5.97. The van der Waals surface area contributed by atoms with Crippen LogP contribution in [0.4, 0.5) is 23.4 Å². The summed E-state index contributed by atoms with van der Waals surface area (Å²) in [4.78, 5) is 21.3. The lowest BCUT2D eigenvalue weighted by Crippen LogP contribution is -2.28. The van der Waals surface area contributed by atoms with Gasteiger partial charge in [-0.2, -0.15) is 18.3 Å². The summed E-state index contributed by atoms with van der Waals surface area (Å²) in [5.74, 6) is -1.08. The predicted octanol–water partition coefficient (Wildman–Crippen LogP) is 6.34. The van der Waals surface area contributed by atoms with E-state index in [-0.39, 0.29) is 36.4 Å². The van der Waals surface area contributed by atoms with Crippen molar-refractivity contribution in [3.05, 3.63) is 77.6 Å². The highest BCUT2D eigenvalue weighted by atomic mass is 19.4. The van der Waals surface area contributed by atoms with Crippen molar-refractivity contribution in [2.45, 2.75) is 75.4 Å². The molecule has 0 atom stereocenters. The highest BCUT2D eigenvalue weighted by Gasteiger charge is 2.66. The van der Waals surface area contributed by atoms with E-state index in [2.05, 4.69) is 31.7 Å². The number of aromatic nitrogens is 5. The molecule has 1 amide bonds. The summed E-state index contributed by atoms with van der Waals surface area (Å²) in [5.41, 5.74) is 0.286. The number of hydrogen-bond acceptors (Lipinski definition) is 6. The fourth-order valence-electron chi connectivity index (χ4n) is 5.38. The average Bonchev–Trinajstić information content (AvgIpc) is 3.45. The summed E-state index contributed by atoms with van der Waals surface area (Å²) in [5, 5.41) is 10.4. The molecular weight excluding hydrogens is 540 g/mol. The Morgan fingerprint density at radius 3 is 2.49 bits per heavy atom. The number of halogens is 4. The number of amides is 1. The van der Waals surface area contributed by atoms with Crippen LogP contribution in [0.25, 0.3) is 11.1 Å². The molecule has 1 N–H and O–H groups in total. The number of nitrogens with zero attached hydrogens (tertiary/aromatic N) is 5. The first-order valence-electron chi connectivity index (χ1n) is 13.7. The van der Waals surface area contributed by atoms with Crippen LogP contribution in [0.2, 0.25) is 0 Å². The van der Waals surface area contributed by atoms with Crippen LogP contribution < -0.4 is 5.32 Å². The molecule has 2 aliphatic rings. The molecule has 0 radical (unpaired) electrons. The zero-order valence-electron chi connectivity index (χ0n) is 22.1. The van der Waals surface area contributed by atoms with E-state index in [0.717, 1.165) is 24.5 Å². The van der Waals surface area contributed by atoms with Crippen LogP contribution >= 0.6 is 0 Å². The van der Waals surface area contributed by atoms with Gasteiger partial charge in [0.1, 0.15) is 17.1 Å². The summed E-state index contributed by atoms with van der Waals surface area (Å²) < 4.78 is 61.6. The van der Waals surface area contributed by atoms with Crippen LogP contribution in [0.15, 0.2) is 53.6 Å². The zero-order chi connectivity index (χ0) is 28.6. The molecule has 6 rings (SSSR count). The summed E-state index contributed by atoms with van der Waals surface area (Å²) in [6.07, 6.45) is 8.81. The Bertz CT molecular complexity index is 1540. The van der Waals surface area contributed by atoms with Gasteiger partial charge in [0.25, 0.3) is 0 Å². The van der Waals surface area contributed by atoms with E-state index >= 15 is 0 Å². The minimum atomic E-state index is -4.46. The molecule has 3 aromatic heterocycles. The maximum atomic E-state index is 14.9. The Balaban J connectivity index is 1.06. The van der Waals surface area contributed by atoms with Gasteiger partial charge in [-0.05, 0) is 48.4 Å². The lowest BCUT2D eigenvalue weighted by Gasteiger charge is -2.21. The van der Waals surface area contributed by atoms with Crippen molar-refractivity contribution in [1.29, 1.82) is 0 Å². The highest BCUT2D eigenvalue weighted by Crippen LogP contribution is 2.59. The maximum Gasteiger partial charge on any atom is 0.401 e. The molecule has 0 saturated heterocycles. The van der Waals surface area contributed by atoms with Crippen LogP contribution in [0.5, 0.6) is 0 Å². The van der Waals surface area contributed by atoms with E-state index in [1.54, 1.807) is 18.5 Å². The summed E-state index contributed by atoms with van der Waals surface area (Å²) in [7, 11) is 0. The Labute approximate surface area is 233 Å². The fourth-order valence-corrected chi connectivity index (χ4v) is 5.38. The molecule has 2 saturated carbocycles. The smallest absolute Gasteiger partial charge is 0.358 e. The van der Waals surface area contributed by atoms with Gasteiger partial charge >= 0.3 is 6.18 Å². The quantitative estimate of drug-likeness (QED) is 0.249. The van der Waals surface area contributed by atoms with Crippen molar-refractivity contribution >= 4 is 11.7 Å². The van der Waals surface area contributed by atoms with Gasteiger partial charge in [0.15, 0.2) is 11.6 Å². The first kappa shape index (κ1) is 27.1. The van der Waals surface area contributed by atoms with E-state index in [1.165, 1.54) is 31.4 Å². The second kappa shape index (κ2) is 10.7. The van der Waals surface area contributed by atoms with Gasteiger partial charge in [-0.15, -0.1) is 0 Å². The molecule has 12 heteroatoms. The van der Waals surface area contributed by atoms with Gasteiger partial charge in [-0.3, -0.25) is 9.48 Å². The molecular formula is C29H28F4N6O2. The van der Waals surface area contributed by atoms with Gasteiger partial charge in [0.2, 0.25) is 5.91 Å². The Kier molecular flexibility index (Phi) is 7.08. The van der Waals surface area contributed by atoms with Crippen molar-refractivity contribution in [2.24, 2.45) is 0 Å².